The lowest BCUT2D eigenvalue weighted by molar-refractivity contribution is -0.133. The number of hydrogen-bond donors (Lipinski definition) is 4. The molecule has 22 heavy (non-hydrogen) atoms. The van der Waals surface area contributed by atoms with Crippen LogP contribution < -0.4 is 11.1 Å². The Morgan fingerprint density at radius 2 is 1.91 bits per heavy atom. The summed E-state index contributed by atoms with van der Waals surface area (Å²) in [5, 5.41) is 30.4. The number of benzene rings is 1. The molecule has 7 nitrogen and oxygen atoms in total. The SMILES string of the molecule is CC1=C(C(=O)O)C(c2cccc(C#N)c2)C(C(=O)O)=C(N)N1. The largest absolute Gasteiger partial charge is 0.478 e. The zero-order chi connectivity index (χ0) is 16.4. The van der Waals surface area contributed by atoms with E-state index in [1.807, 2.05) is 6.07 Å². The maximum atomic E-state index is 11.6. The van der Waals surface area contributed by atoms with Crippen LogP contribution in [0.4, 0.5) is 0 Å². The highest BCUT2D eigenvalue weighted by Gasteiger charge is 2.37. The normalized spacial score (nSPS) is 17.7. The number of carboxylic acid groups (broad SMARTS) is 2. The van der Waals surface area contributed by atoms with Crippen LogP contribution in [0, 0.1) is 11.3 Å². The Hall–Kier alpha value is -3.27. The molecule has 0 bridgehead atoms. The monoisotopic (exact) mass is 299 g/mol. The highest BCUT2D eigenvalue weighted by Crippen LogP contribution is 2.37. The predicted octanol–water partition coefficient (Wildman–Crippen LogP) is 0.859. The molecule has 0 spiro atoms. The summed E-state index contributed by atoms with van der Waals surface area (Å²) < 4.78 is 0. The second-order valence-electron chi connectivity index (χ2n) is 4.77. The van der Waals surface area contributed by atoms with Crippen molar-refractivity contribution < 1.29 is 19.8 Å². The van der Waals surface area contributed by atoms with E-state index in [0.29, 0.717) is 11.1 Å². The lowest BCUT2D eigenvalue weighted by Crippen LogP contribution is -2.35. The molecule has 1 atom stereocenters. The first kappa shape index (κ1) is 15.1. The molecule has 0 saturated heterocycles. The Balaban J connectivity index is 2.72. The van der Waals surface area contributed by atoms with E-state index in [4.69, 9.17) is 11.0 Å². The zero-order valence-corrected chi connectivity index (χ0v) is 11.6. The Morgan fingerprint density at radius 3 is 2.45 bits per heavy atom. The average Bonchev–Trinajstić information content (AvgIpc) is 2.45. The van der Waals surface area contributed by atoms with E-state index in [0.717, 1.165) is 0 Å². The van der Waals surface area contributed by atoms with Crippen molar-refractivity contribution in [3.05, 3.63) is 58.1 Å². The van der Waals surface area contributed by atoms with E-state index < -0.39 is 17.9 Å². The van der Waals surface area contributed by atoms with Gasteiger partial charge in [-0.1, -0.05) is 12.1 Å². The van der Waals surface area contributed by atoms with Crippen molar-refractivity contribution in [3.8, 4) is 6.07 Å². The minimum atomic E-state index is -1.32. The fourth-order valence-corrected chi connectivity index (χ4v) is 2.50. The molecule has 1 heterocycles. The molecule has 0 amide bonds. The second-order valence-corrected chi connectivity index (χ2v) is 4.77. The fourth-order valence-electron chi connectivity index (χ4n) is 2.50. The number of nitrogens with two attached hydrogens (primary N) is 1. The zero-order valence-electron chi connectivity index (χ0n) is 11.6. The van der Waals surface area contributed by atoms with Crippen LogP contribution in [-0.2, 0) is 9.59 Å². The third kappa shape index (κ3) is 2.50. The Bertz CT molecular complexity index is 735. The lowest BCUT2D eigenvalue weighted by Gasteiger charge is -2.28. The number of rotatable bonds is 3. The molecule has 0 aromatic heterocycles. The maximum absolute atomic E-state index is 11.6. The van der Waals surface area contributed by atoms with Crippen LogP contribution in [0.3, 0.4) is 0 Å². The molecule has 2 rings (SSSR count). The average molecular weight is 299 g/mol. The molecule has 0 saturated carbocycles. The van der Waals surface area contributed by atoms with Crippen molar-refractivity contribution in [1.29, 1.82) is 5.26 Å². The van der Waals surface area contributed by atoms with Gasteiger partial charge in [0.2, 0.25) is 0 Å². The van der Waals surface area contributed by atoms with E-state index in [9.17, 15) is 19.8 Å². The summed E-state index contributed by atoms with van der Waals surface area (Å²) in [6.45, 7) is 1.51. The number of dihydropyridines is 1. The first-order chi connectivity index (χ1) is 10.4. The van der Waals surface area contributed by atoms with Crippen LogP contribution in [0.2, 0.25) is 0 Å². The molecule has 1 aliphatic rings. The minimum absolute atomic E-state index is 0.109. The van der Waals surface area contributed by atoms with Gasteiger partial charge in [0.25, 0.3) is 0 Å². The third-order valence-corrected chi connectivity index (χ3v) is 3.40. The van der Waals surface area contributed by atoms with Crippen LogP contribution in [0.15, 0.2) is 46.9 Å². The first-order valence-corrected chi connectivity index (χ1v) is 6.31. The number of carboxylic acids is 2. The Labute approximate surface area is 126 Å². The number of nitrogens with one attached hydrogen (secondary N) is 1. The standard InChI is InChI=1S/C15H13N3O4/c1-7-10(14(19)20)11(12(15(21)22)13(17)18-7)9-4-2-3-8(5-9)6-16/h2-5,11,18H,17H2,1H3,(H,19,20)(H,21,22). The molecule has 1 aliphatic heterocycles. The molecule has 0 radical (unpaired) electrons. The fraction of sp³-hybridized carbons (Fsp3) is 0.133. The predicted molar refractivity (Wildman–Crippen MR) is 76.2 cm³/mol. The highest BCUT2D eigenvalue weighted by atomic mass is 16.4. The summed E-state index contributed by atoms with van der Waals surface area (Å²) in [6, 6.07) is 8.10. The quantitative estimate of drug-likeness (QED) is 0.649. The van der Waals surface area contributed by atoms with Crippen LogP contribution in [0.25, 0.3) is 0 Å². The van der Waals surface area contributed by atoms with Gasteiger partial charge in [-0.3, -0.25) is 0 Å². The van der Waals surface area contributed by atoms with Crippen molar-refractivity contribution >= 4 is 11.9 Å². The number of carbonyl (C=O) groups is 2. The van der Waals surface area contributed by atoms with Gasteiger partial charge in [0.15, 0.2) is 0 Å². The smallest absolute Gasteiger partial charge is 0.336 e. The summed E-state index contributed by atoms with van der Waals surface area (Å²) in [4.78, 5) is 23.1. The molecular weight excluding hydrogens is 286 g/mol. The number of aliphatic carboxylic acids is 2. The molecule has 1 unspecified atom stereocenters. The van der Waals surface area contributed by atoms with E-state index in [1.54, 1.807) is 18.2 Å². The van der Waals surface area contributed by atoms with Crippen LogP contribution in [0.5, 0.6) is 0 Å². The van der Waals surface area contributed by atoms with Gasteiger partial charge in [-0.05, 0) is 24.6 Å². The molecular formula is C15H13N3O4. The van der Waals surface area contributed by atoms with Crippen molar-refractivity contribution in [2.45, 2.75) is 12.8 Å². The summed E-state index contributed by atoms with van der Waals surface area (Å²) >= 11 is 0. The minimum Gasteiger partial charge on any atom is -0.478 e. The van der Waals surface area contributed by atoms with Gasteiger partial charge in [-0.25, -0.2) is 9.59 Å². The van der Waals surface area contributed by atoms with Crippen LogP contribution in [-0.4, -0.2) is 22.2 Å². The Morgan fingerprint density at radius 1 is 1.27 bits per heavy atom. The number of hydrogen-bond acceptors (Lipinski definition) is 5. The molecule has 1 aromatic rings. The van der Waals surface area contributed by atoms with Gasteiger partial charge in [0.1, 0.15) is 5.82 Å². The van der Waals surface area contributed by atoms with Crippen molar-refractivity contribution in [2.75, 3.05) is 0 Å². The number of nitriles is 1. The van der Waals surface area contributed by atoms with Gasteiger partial charge in [0.05, 0.1) is 28.7 Å². The number of nitrogens with zero attached hydrogens (tertiary/aromatic N) is 1. The highest BCUT2D eigenvalue weighted by molar-refractivity contribution is 5.98. The van der Waals surface area contributed by atoms with E-state index in [1.165, 1.54) is 13.0 Å². The van der Waals surface area contributed by atoms with Gasteiger partial charge < -0.3 is 21.3 Å². The molecule has 0 fully saturated rings. The molecule has 112 valence electrons. The lowest BCUT2D eigenvalue weighted by atomic mass is 9.81. The van der Waals surface area contributed by atoms with Crippen molar-refractivity contribution in [1.82, 2.24) is 5.32 Å². The van der Waals surface area contributed by atoms with E-state index in [-0.39, 0.29) is 22.7 Å². The van der Waals surface area contributed by atoms with Crippen LogP contribution >= 0.6 is 0 Å². The van der Waals surface area contributed by atoms with Crippen LogP contribution in [0.1, 0.15) is 24.0 Å². The van der Waals surface area contributed by atoms with E-state index >= 15 is 0 Å². The molecule has 5 N–H and O–H groups in total. The Kier molecular flexibility index (Phi) is 3.86. The number of allylic oxidation sites excluding steroid dienone is 1. The summed E-state index contributed by atoms with van der Waals surface area (Å²) in [6.07, 6.45) is 0. The maximum Gasteiger partial charge on any atom is 0.336 e. The summed E-state index contributed by atoms with van der Waals surface area (Å²) in [5.74, 6) is -3.72. The van der Waals surface area contributed by atoms with Crippen molar-refractivity contribution in [3.63, 3.8) is 0 Å². The first-order valence-electron chi connectivity index (χ1n) is 6.31. The van der Waals surface area contributed by atoms with Gasteiger partial charge in [0, 0.05) is 5.70 Å². The van der Waals surface area contributed by atoms with Gasteiger partial charge in [-0.15, -0.1) is 0 Å². The molecule has 0 aliphatic carbocycles. The van der Waals surface area contributed by atoms with Gasteiger partial charge in [-0.2, -0.15) is 5.26 Å². The summed E-state index contributed by atoms with van der Waals surface area (Å²) in [5.41, 5.74) is 6.33. The topological polar surface area (TPSA) is 136 Å². The molecule has 7 heteroatoms. The summed E-state index contributed by atoms with van der Waals surface area (Å²) in [7, 11) is 0. The van der Waals surface area contributed by atoms with Gasteiger partial charge >= 0.3 is 11.9 Å². The second kappa shape index (κ2) is 5.61. The van der Waals surface area contributed by atoms with E-state index in [2.05, 4.69) is 5.32 Å². The third-order valence-electron chi connectivity index (χ3n) is 3.40. The van der Waals surface area contributed by atoms with Crippen molar-refractivity contribution in [2.24, 2.45) is 5.73 Å². The molecule has 1 aromatic carbocycles.